The van der Waals surface area contributed by atoms with Crippen LogP contribution in [0.25, 0.3) is 22.6 Å². The zero-order valence-corrected chi connectivity index (χ0v) is 16.8. The highest BCUT2D eigenvalue weighted by atomic mass is 16.5. The van der Waals surface area contributed by atoms with Crippen LogP contribution in [0, 0.1) is 0 Å². The van der Waals surface area contributed by atoms with Crippen molar-refractivity contribution in [1.82, 2.24) is 24.5 Å². The first-order valence-corrected chi connectivity index (χ1v) is 9.39. The number of hydrogen-bond acceptors (Lipinski definition) is 7. The molecular weight excluding hydrogens is 366 g/mol. The summed E-state index contributed by atoms with van der Waals surface area (Å²) in [4.78, 5) is 18.3. The molecule has 0 saturated heterocycles. The van der Waals surface area contributed by atoms with E-state index < -0.39 is 0 Å². The van der Waals surface area contributed by atoms with Crippen LogP contribution in [0.1, 0.15) is 19.9 Å². The Balaban J connectivity index is 1.78. The van der Waals surface area contributed by atoms with E-state index in [4.69, 9.17) is 14.7 Å². The molecule has 8 heteroatoms. The van der Waals surface area contributed by atoms with E-state index >= 15 is 0 Å². The van der Waals surface area contributed by atoms with Crippen molar-refractivity contribution in [2.45, 2.75) is 19.9 Å². The Hall–Kier alpha value is -3.68. The third-order valence-electron chi connectivity index (χ3n) is 4.55. The molecule has 0 bridgehead atoms. The Labute approximate surface area is 169 Å². The summed E-state index contributed by atoms with van der Waals surface area (Å²) in [6.07, 6.45) is 3.51. The number of methoxy groups -OCH3 is 1. The molecule has 0 aliphatic rings. The van der Waals surface area contributed by atoms with Gasteiger partial charge >= 0.3 is 0 Å². The average molecular weight is 389 g/mol. The van der Waals surface area contributed by atoms with Crippen molar-refractivity contribution in [3.05, 3.63) is 48.8 Å². The minimum absolute atomic E-state index is 0.167. The van der Waals surface area contributed by atoms with Crippen LogP contribution in [-0.4, -0.2) is 38.7 Å². The van der Waals surface area contributed by atoms with Crippen molar-refractivity contribution in [2.24, 2.45) is 0 Å². The largest absolute Gasteiger partial charge is 0.497 e. The quantitative estimate of drug-likeness (QED) is 0.509. The number of rotatable bonds is 6. The third kappa shape index (κ3) is 3.69. The number of anilines is 3. The van der Waals surface area contributed by atoms with Gasteiger partial charge in [-0.3, -0.25) is 0 Å². The van der Waals surface area contributed by atoms with Crippen LogP contribution in [0.15, 0.2) is 48.8 Å². The molecular formula is C21H23N7O. The summed E-state index contributed by atoms with van der Waals surface area (Å²) in [5.41, 5.74) is 3.34. The molecule has 0 unspecified atom stereocenters. The summed E-state index contributed by atoms with van der Waals surface area (Å²) >= 11 is 0. The van der Waals surface area contributed by atoms with Crippen molar-refractivity contribution in [3.63, 3.8) is 0 Å². The van der Waals surface area contributed by atoms with E-state index in [2.05, 4.69) is 39.0 Å². The van der Waals surface area contributed by atoms with E-state index in [0.29, 0.717) is 5.95 Å². The number of pyridine rings is 1. The van der Waals surface area contributed by atoms with Crippen LogP contribution in [0.5, 0.6) is 5.75 Å². The van der Waals surface area contributed by atoms with Crippen LogP contribution in [-0.2, 0) is 0 Å². The number of imidazole rings is 1. The Bertz CT molecular complexity index is 1150. The van der Waals surface area contributed by atoms with E-state index in [0.717, 1.165) is 39.8 Å². The molecule has 29 heavy (non-hydrogen) atoms. The van der Waals surface area contributed by atoms with Crippen LogP contribution in [0.4, 0.5) is 17.5 Å². The minimum atomic E-state index is 0.167. The van der Waals surface area contributed by atoms with Gasteiger partial charge in [0.05, 0.1) is 13.3 Å². The van der Waals surface area contributed by atoms with Crippen molar-refractivity contribution >= 4 is 28.6 Å². The number of nitrogens with one attached hydrogen (secondary N) is 2. The van der Waals surface area contributed by atoms with Crippen molar-refractivity contribution in [3.8, 4) is 17.1 Å². The van der Waals surface area contributed by atoms with Gasteiger partial charge < -0.3 is 19.9 Å². The van der Waals surface area contributed by atoms with Gasteiger partial charge in [-0.25, -0.2) is 15.0 Å². The van der Waals surface area contributed by atoms with Crippen molar-refractivity contribution < 1.29 is 4.74 Å². The minimum Gasteiger partial charge on any atom is -0.497 e. The molecule has 2 N–H and O–H groups in total. The summed E-state index contributed by atoms with van der Waals surface area (Å²) < 4.78 is 7.39. The predicted molar refractivity (Wildman–Crippen MR) is 115 cm³/mol. The highest BCUT2D eigenvalue weighted by Crippen LogP contribution is 2.29. The van der Waals surface area contributed by atoms with Gasteiger partial charge in [-0.05, 0) is 38.1 Å². The summed E-state index contributed by atoms with van der Waals surface area (Å²) in [6, 6.07) is 11.7. The molecule has 0 amide bonds. The molecule has 0 saturated carbocycles. The number of fused-ring (bicyclic) bond motifs is 1. The second-order valence-corrected chi connectivity index (χ2v) is 6.84. The highest BCUT2D eigenvalue weighted by molar-refractivity contribution is 5.78. The van der Waals surface area contributed by atoms with Crippen molar-refractivity contribution in [2.75, 3.05) is 24.8 Å². The van der Waals surface area contributed by atoms with Crippen LogP contribution in [0.2, 0.25) is 0 Å². The standard InChI is InChI=1S/C21H23N7O/c1-13(2)28-19(14-8-9-23-18(10-14)22-3)26-17-12-24-21(27-20(17)28)25-15-6-5-7-16(11-15)29-4/h5-13H,1-4H3,(H,22,23)(H,24,25,27). The molecule has 0 aliphatic heterocycles. The lowest BCUT2D eigenvalue weighted by atomic mass is 10.2. The SMILES string of the molecule is CNc1cc(-c2nc3cnc(Nc4cccc(OC)c4)nc3n2C(C)C)ccn1. The number of benzene rings is 1. The Morgan fingerprint density at radius 3 is 2.69 bits per heavy atom. The molecule has 3 aromatic heterocycles. The van der Waals surface area contributed by atoms with E-state index in [9.17, 15) is 0 Å². The summed E-state index contributed by atoms with van der Waals surface area (Å²) in [5, 5.41) is 6.31. The molecule has 0 aliphatic carbocycles. The van der Waals surface area contributed by atoms with Crippen LogP contribution < -0.4 is 15.4 Å². The average Bonchev–Trinajstić information content (AvgIpc) is 3.13. The fourth-order valence-corrected chi connectivity index (χ4v) is 3.18. The van der Waals surface area contributed by atoms with Gasteiger partial charge in [0.2, 0.25) is 5.95 Å². The summed E-state index contributed by atoms with van der Waals surface area (Å²) in [6.45, 7) is 4.23. The summed E-state index contributed by atoms with van der Waals surface area (Å²) in [7, 11) is 3.49. The zero-order valence-electron chi connectivity index (χ0n) is 16.8. The third-order valence-corrected chi connectivity index (χ3v) is 4.55. The van der Waals surface area contributed by atoms with Gasteiger partial charge in [0.15, 0.2) is 5.65 Å². The van der Waals surface area contributed by atoms with Gasteiger partial charge in [0.25, 0.3) is 0 Å². The zero-order chi connectivity index (χ0) is 20.4. The lowest BCUT2D eigenvalue weighted by molar-refractivity contribution is 0.415. The molecule has 8 nitrogen and oxygen atoms in total. The maximum absolute atomic E-state index is 5.28. The monoisotopic (exact) mass is 389 g/mol. The van der Waals surface area contributed by atoms with Gasteiger partial charge in [-0.15, -0.1) is 0 Å². The molecule has 0 atom stereocenters. The van der Waals surface area contributed by atoms with Crippen LogP contribution in [0.3, 0.4) is 0 Å². The number of ether oxygens (including phenoxy) is 1. The Morgan fingerprint density at radius 1 is 1.07 bits per heavy atom. The number of hydrogen-bond donors (Lipinski definition) is 2. The smallest absolute Gasteiger partial charge is 0.229 e. The van der Waals surface area contributed by atoms with Gasteiger partial charge in [-0.1, -0.05) is 6.07 Å². The lowest BCUT2D eigenvalue weighted by Crippen LogP contribution is -2.06. The number of nitrogens with zero attached hydrogens (tertiary/aromatic N) is 5. The second-order valence-electron chi connectivity index (χ2n) is 6.84. The maximum Gasteiger partial charge on any atom is 0.229 e. The van der Waals surface area contributed by atoms with Crippen LogP contribution >= 0.6 is 0 Å². The first kappa shape index (κ1) is 18.7. The summed E-state index contributed by atoms with van der Waals surface area (Å²) in [5.74, 6) is 2.89. The first-order chi connectivity index (χ1) is 14.1. The molecule has 148 valence electrons. The van der Waals surface area contributed by atoms with Gasteiger partial charge in [-0.2, -0.15) is 4.98 Å². The fourth-order valence-electron chi connectivity index (χ4n) is 3.18. The lowest BCUT2D eigenvalue weighted by Gasteiger charge is -2.13. The van der Waals surface area contributed by atoms with Gasteiger partial charge in [0.1, 0.15) is 22.9 Å². The second kappa shape index (κ2) is 7.75. The molecule has 4 aromatic rings. The topological polar surface area (TPSA) is 89.8 Å². The molecule has 4 rings (SSSR count). The highest BCUT2D eigenvalue weighted by Gasteiger charge is 2.17. The Kier molecular flexibility index (Phi) is 4.99. The molecule has 0 radical (unpaired) electrons. The van der Waals surface area contributed by atoms with Gasteiger partial charge in [0, 0.05) is 36.6 Å². The Morgan fingerprint density at radius 2 is 1.93 bits per heavy atom. The van der Waals surface area contributed by atoms with Crippen molar-refractivity contribution in [1.29, 1.82) is 0 Å². The predicted octanol–water partition coefficient (Wildman–Crippen LogP) is 4.26. The molecule has 0 fully saturated rings. The molecule has 3 heterocycles. The fraction of sp³-hybridized carbons (Fsp3) is 0.238. The van der Waals surface area contributed by atoms with E-state index in [-0.39, 0.29) is 6.04 Å². The molecule has 1 aromatic carbocycles. The molecule has 0 spiro atoms. The van der Waals surface area contributed by atoms with E-state index in [1.54, 1.807) is 19.5 Å². The normalized spacial score (nSPS) is 11.1. The maximum atomic E-state index is 5.28. The van der Waals surface area contributed by atoms with E-state index in [1.807, 2.05) is 43.4 Å². The van der Waals surface area contributed by atoms with E-state index in [1.165, 1.54) is 0 Å². The number of aromatic nitrogens is 5. The first-order valence-electron chi connectivity index (χ1n) is 9.39.